The number of nitrogens with one attached hydrogen (secondary N) is 2. The lowest BCUT2D eigenvalue weighted by molar-refractivity contribution is 0.686. The molecule has 0 aliphatic rings. The van der Waals surface area contributed by atoms with E-state index < -0.39 is 0 Å². The van der Waals surface area contributed by atoms with Crippen molar-refractivity contribution in [1.29, 1.82) is 0 Å². The summed E-state index contributed by atoms with van der Waals surface area (Å²) < 4.78 is 0. The highest BCUT2D eigenvalue weighted by Gasteiger charge is 2.02. The molecule has 0 fully saturated rings. The zero-order valence-electron chi connectivity index (χ0n) is 10.9. The molecule has 0 radical (unpaired) electrons. The van der Waals surface area contributed by atoms with E-state index in [1.165, 1.54) is 0 Å². The fraction of sp³-hybridized carbons (Fsp3) is 0.308. The lowest BCUT2D eigenvalue weighted by Gasteiger charge is -2.09. The molecule has 0 spiro atoms. The third-order valence-corrected chi connectivity index (χ3v) is 2.60. The molecule has 1 aromatic carbocycles. The summed E-state index contributed by atoms with van der Waals surface area (Å²) in [5.74, 6) is 1.71. The molecule has 100 valence electrons. The van der Waals surface area contributed by atoms with Gasteiger partial charge < -0.3 is 10.6 Å². The third kappa shape index (κ3) is 4.37. The minimum absolute atomic E-state index is 0.455. The number of hydrogen-bond donors (Lipinski definition) is 2. The Balaban J connectivity index is 2.04. The summed E-state index contributed by atoms with van der Waals surface area (Å²) in [6, 6.07) is 7.33. The highest BCUT2D eigenvalue weighted by Crippen LogP contribution is 2.16. The van der Waals surface area contributed by atoms with Crippen molar-refractivity contribution in [2.45, 2.75) is 13.8 Å². The van der Waals surface area contributed by atoms with Crippen LogP contribution < -0.4 is 10.6 Å². The molecule has 5 nitrogen and oxygen atoms in total. The molecule has 0 saturated heterocycles. The lowest BCUT2D eigenvalue weighted by atomic mass is 10.2. The first-order valence-corrected chi connectivity index (χ1v) is 6.47. The van der Waals surface area contributed by atoms with E-state index in [9.17, 15) is 0 Å². The Bertz CT molecular complexity index is 527. The summed E-state index contributed by atoms with van der Waals surface area (Å²) in [6.45, 7) is 5.11. The van der Waals surface area contributed by atoms with Crippen LogP contribution in [0, 0.1) is 5.92 Å². The van der Waals surface area contributed by atoms with Crippen LogP contribution in [0.2, 0.25) is 5.02 Å². The third-order valence-electron chi connectivity index (χ3n) is 2.35. The van der Waals surface area contributed by atoms with Crippen LogP contribution in [0.25, 0.3) is 0 Å². The van der Waals surface area contributed by atoms with E-state index in [4.69, 9.17) is 11.6 Å². The van der Waals surface area contributed by atoms with Gasteiger partial charge in [-0.05, 0) is 30.2 Å². The summed E-state index contributed by atoms with van der Waals surface area (Å²) >= 11 is 5.83. The van der Waals surface area contributed by atoms with E-state index in [1.807, 2.05) is 12.1 Å². The number of aromatic nitrogens is 3. The van der Waals surface area contributed by atoms with Gasteiger partial charge in [0, 0.05) is 17.3 Å². The molecule has 0 aliphatic heterocycles. The fourth-order valence-electron chi connectivity index (χ4n) is 1.41. The van der Waals surface area contributed by atoms with Crippen LogP contribution in [0.4, 0.5) is 17.5 Å². The van der Waals surface area contributed by atoms with Gasteiger partial charge in [0.1, 0.15) is 0 Å². The van der Waals surface area contributed by atoms with Gasteiger partial charge in [0.15, 0.2) is 5.82 Å². The molecule has 1 heterocycles. The van der Waals surface area contributed by atoms with Crippen LogP contribution in [0.3, 0.4) is 0 Å². The maximum Gasteiger partial charge on any atom is 0.249 e. The average molecular weight is 278 g/mol. The van der Waals surface area contributed by atoms with Crippen LogP contribution in [0.15, 0.2) is 30.5 Å². The summed E-state index contributed by atoms with van der Waals surface area (Å²) in [5.41, 5.74) is 0.868. The summed E-state index contributed by atoms with van der Waals surface area (Å²) in [5, 5.41) is 14.8. The molecule has 2 rings (SSSR count). The number of benzene rings is 1. The van der Waals surface area contributed by atoms with Crippen LogP contribution in [0.1, 0.15) is 13.8 Å². The largest absolute Gasteiger partial charge is 0.368 e. The van der Waals surface area contributed by atoms with E-state index in [1.54, 1.807) is 18.3 Å². The summed E-state index contributed by atoms with van der Waals surface area (Å²) in [7, 11) is 0. The molecule has 0 aliphatic carbocycles. The Kier molecular flexibility index (Phi) is 4.52. The van der Waals surface area contributed by atoms with E-state index in [2.05, 4.69) is 39.7 Å². The highest BCUT2D eigenvalue weighted by atomic mass is 35.5. The predicted molar refractivity (Wildman–Crippen MR) is 77.9 cm³/mol. The van der Waals surface area contributed by atoms with Gasteiger partial charge in [-0.15, -0.1) is 5.10 Å². The zero-order chi connectivity index (χ0) is 13.7. The van der Waals surface area contributed by atoms with Gasteiger partial charge in [-0.1, -0.05) is 25.4 Å². The molecule has 0 unspecified atom stereocenters. The normalized spacial score (nSPS) is 10.5. The quantitative estimate of drug-likeness (QED) is 0.878. The Labute approximate surface area is 117 Å². The molecule has 0 amide bonds. The molecule has 1 aromatic heterocycles. The van der Waals surface area contributed by atoms with Crippen molar-refractivity contribution in [2.24, 2.45) is 5.92 Å². The first-order chi connectivity index (χ1) is 9.13. The topological polar surface area (TPSA) is 62.7 Å². The first-order valence-electron chi connectivity index (χ1n) is 6.09. The zero-order valence-corrected chi connectivity index (χ0v) is 11.6. The van der Waals surface area contributed by atoms with E-state index in [0.29, 0.717) is 22.7 Å². The maximum absolute atomic E-state index is 5.83. The number of rotatable bonds is 5. The average Bonchev–Trinajstić information content (AvgIpc) is 2.40. The van der Waals surface area contributed by atoms with Crippen molar-refractivity contribution in [3.05, 3.63) is 35.5 Å². The van der Waals surface area contributed by atoms with Gasteiger partial charge in [-0.3, -0.25) is 0 Å². The molecule has 6 heteroatoms. The van der Waals surface area contributed by atoms with Crippen LogP contribution >= 0.6 is 11.6 Å². The maximum atomic E-state index is 5.83. The second-order valence-corrected chi connectivity index (χ2v) is 5.01. The van der Waals surface area contributed by atoms with Gasteiger partial charge in [-0.25, -0.2) is 0 Å². The lowest BCUT2D eigenvalue weighted by Crippen LogP contribution is -2.10. The standard InChI is InChI=1S/C13H16ClN5/c1-9(2)7-15-12-8-16-19-13(18-12)17-11-5-3-10(14)4-6-11/h3-6,8-9H,7H2,1-2H3,(H2,15,17,18,19). The Morgan fingerprint density at radius 1 is 1.21 bits per heavy atom. The smallest absolute Gasteiger partial charge is 0.249 e. The van der Waals surface area contributed by atoms with Gasteiger partial charge in [0.25, 0.3) is 0 Å². The predicted octanol–water partition coefficient (Wildman–Crippen LogP) is 3.34. The Hall–Kier alpha value is -1.88. The Morgan fingerprint density at radius 3 is 2.63 bits per heavy atom. The highest BCUT2D eigenvalue weighted by molar-refractivity contribution is 6.30. The number of hydrogen-bond acceptors (Lipinski definition) is 5. The van der Waals surface area contributed by atoms with Crippen molar-refractivity contribution in [3.63, 3.8) is 0 Å². The van der Waals surface area contributed by atoms with Crippen molar-refractivity contribution in [3.8, 4) is 0 Å². The number of nitrogens with zero attached hydrogens (tertiary/aromatic N) is 3. The van der Waals surface area contributed by atoms with Gasteiger partial charge in [-0.2, -0.15) is 10.1 Å². The molecule has 2 N–H and O–H groups in total. The second kappa shape index (κ2) is 6.33. The monoisotopic (exact) mass is 277 g/mol. The van der Waals surface area contributed by atoms with Gasteiger partial charge >= 0.3 is 0 Å². The molecular weight excluding hydrogens is 262 g/mol. The molecule has 19 heavy (non-hydrogen) atoms. The molecular formula is C13H16ClN5. The Morgan fingerprint density at radius 2 is 1.95 bits per heavy atom. The minimum Gasteiger partial charge on any atom is -0.368 e. The SMILES string of the molecule is CC(C)CNc1cnnc(Nc2ccc(Cl)cc2)n1. The van der Waals surface area contributed by atoms with Gasteiger partial charge in [0.2, 0.25) is 5.95 Å². The minimum atomic E-state index is 0.455. The summed E-state index contributed by atoms with van der Waals surface area (Å²) in [4.78, 5) is 4.33. The molecule has 0 bridgehead atoms. The summed E-state index contributed by atoms with van der Waals surface area (Å²) in [6.07, 6.45) is 1.61. The van der Waals surface area contributed by atoms with Crippen molar-refractivity contribution >= 4 is 29.1 Å². The molecule has 0 saturated carbocycles. The van der Waals surface area contributed by atoms with Crippen LogP contribution in [-0.4, -0.2) is 21.7 Å². The van der Waals surface area contributed by atoms with Crippen molar-refractivity contribution < 1.29 is 0 Å². The molecule has 0 atom stereocenters. The van der Waals surface area contributed by atoms with E-state index in [0.717, 1.165) is 12.2 Å². The van der Waals surface area contributed by atoms with E-state index in [-0.39, 0.29) is 0 Å². The van der Waals surface area contributed by atoms with Crippen molar-refractivity contribution in [2.75, 3.05) is 17.2 Å². The fourth-order valence-corrected chi connectivity index (χ4v) is 1.54. The number of anilines is 3. The van der Waals surface area contributed by atoms with Crippen molar-refractivity contribution in [1.82, 2.24) is 15.2 Å². The van der Waals surface area contributed by atoms with E-state index >= 15 is 0 Å². The first kappa shape index (κ1) is 13.5. The van der Waals surface area contributed by atoms with Gasteiger partial charge in [0.05, 0.1) is 6.20 Å². The van der Waals surface area contributed by atoms with Crippen LogP contribution in [-0.2, 0) is 0 Å². The second-order valence-electron chi connectivity index (χ2n) is 4.57. The van der Waals surface area contributed by atoms with Crippen LogP contribution in [0.5, 0.6) is 0 Å². The molecule has 2 aromatic rings. The number of halogens is 1.